The van der Waals surface area contributed by atoms with Gasteiger partial charge in [-0.05, 0) is 19.9 Å². The van der Waals surface area contributed by atoms with Crippen LogP contribution in [-0.4, -0.2) is 22.5 Å². The monoisotopic (exact) mass is 240 g/mol. The molecule has 0 aliphatic carbocycles. The summed E-state index contributed by atoms with van der Waals surface area (Å²) in [5.74, 6) is -1.61. The zero-order valence-corrected chi connectivity index (χ0v) is 9.82. The van der Waals surface area contributed by atoms with E-state index in [1.807, 2.05) is 13.8 Å². The molecule has 0 aromatic carbocycles. The molecule has 0 saturated carbocycles. The number of amides is 1. The Balaban J connectivity index is 2.64. The molecule has 17 heavy (non-hydrogen) atoms. The first kappa shape index (κ1) is 13.2. The van der Waals surface area contributed by atoms with E-state index in [1.165, 1.54) is 6.26 Å². The highest BCUT2D eigenvalue weighted by atomic mass is 16.4. The summed E-state index contributed by atoms with van der Waals surface area (Å²) in [5.41, 5.74) is 5.16. The van der Waals surface area contributed by atoms with E-state index in [0.717, 1.165) is 0 Å². The summed E-state index contributed by atoms with van der Waals surface area (Å²) >= 11 is 0. The van der Waals surface area contributed by atoms with Crippen LogP contribution < -0.4 is 11.1 Å². The van der Waals surface area contributed by atoms with Crippen LogP contribution in [0.4, 0.5) is 0 Å². The lowest BCUT2D eigenvalue weighted by Crippen LogP contribution is -2.42. The number of hydrogen-bond donors (Lipinski definition) is 3. The number of furan rings is 1. The first-order chi connectivity index (χ1) is 7.82. The molecule has 94 valence electrons. The minimum Gasteiger partial charge on any atom is -0.475 e. The van der Waals surface area contributed by atoms with E-state index in [9.17, 15) is 9.59 Å². The molecule has 6 nitrogen and oxygen atoms in total. The number of hydrogen-bond acceptors (Lipinski definition) is 4. The van der Waals surface area contributed by atoms with Gasteiger partial charge in [-0.1, -0.05) is 0 Å². The molecule has 0 saturated heterocycles. The number of nitrogens with one attached hydrogen (secondary N) is 1. The summed E-state index contributed by atoms with van der Waals surface area (Å²) in [4.78, 5) is 21.6. The molecule has 0 bridgehead atoms. The van der Waals surface area contributed by atoms with Crippen molar-refractivity contribution in [3.05, 3.63) is 23.7 Å². The van der Waals surface area contributed by atoms with Gasteiger partial charge in [-0.2, -0.15) is 0 Å². The molecule has 1 amide bonds. The SMILES string of the molecule is CC(C)(CC(N)=O)NCc1ccoc1C(=O)O. The maximum absolute atomic E-state index is 10.8. The Kier molecular flexibility index (Phi) is 3.90. The number of primary amides is 1. The average Bonchev–Trinajstić information content (AvgIpc) is 2.60. The molecule has 6 heteroatoms. The van der Waals surface area contributed by atoms with Crippen molar-refractivity contribution in [2.75, 3.05) is 0 Å². The minimum absolute atomic E-state index is 0.0904. The van der Waals surface area contributed by atoms with Crippen LogP contribution in [0.1, 0.15) is 36.4 Å². The highest BCUT2D eigenvalue weighted by Gasteiger charge is 2.21. The number of rotatable bonds is 6. The molecule has 0 unspecified atom stereocenters. The van der Waals surface area contributed by atoms with Crippen molar-refractivity contribution in [1.29, 1.82) is 0 Å². The van der Waals surface area contributed by atoms with E-state index >= 15 is 0 Å². The normalized spacial score (nSPS) is 11.4. The van der Waals surface area contributed by atoms with Gasteiger partial charge in [-0.15, -0.1) is 0 Å². The molecule has 1 aromatic heterocycles. The van der Waals surface area contributed by atoms with Crippen LogP contribution in [-0.2, 0) is 11.3 Å². The molecule has 0 radical (unpaired) electrons. The summed E-state index contributed by atoms with van der Waals surface area (Å²) in [6.07, 6.45) is 1.49. The number of nitrogens with two attached hydrogens (primary N) is 1. The van der Waals surface area contributed by atoms with Crippen LogP contribution >= 0.6 is 0 Å². The second kappa shape index (κ2) is 5.01. The third-order valence-electron chi connectivity index (χ3n) is 2.31. The predicted octanol–water partition coefficient (Wildman–Crippen LogP) is 0.721. The molecule has 1 aromatic rings. The Labute approximate surface area is 98.8 Å². The molecule has 0 atom stereocenters. The Hall–Kier alpha value is -1.82. The summed E-state index contributed by atoms with van der Waals surface area (Å²) < 4.78 is 4.84. The van der Waals surface area contributed by atoms with Crippen LogP contribution in [0.2, 0.25) is 0 Å². The van der Waals surface area contributed by atoms with Gasteiger partial charge in [0.05, 0.1) is 6.26 Å². The van der Waals surface area contributed by atoms with Gasteiger partial charge in [0.2, 0.25) is 11.7 Å². The van der Waals surface area contributed by atoms with Gasteiger partial charge in [-0.25, -0.2) is 4.79 Å². The van der Waals surface area contributed by atoms with Gasteiger partial charge in [0.25, 0.3) is 0 Å². The fourth-order valence-corrected chi connectivity index (χ4v) is 1.50. The minimum atomic E-state index is -1.11. The quantitative estimate of drug-likeness (QED) is 0.679. The Morgan fingerprint density at radius 3 is 2.71 bits per heavy atom. The lowest BCUT2D eigenvalue weighted by molar-refractivity contribution is -0.119. The lowest BCUT2D eigenvalue weighted by Gasteiger charge is -2.24. The van der Waals surface area contributed by atoms with E-state index in [4.69, 9.17) is 15.3 Å². The van der Waals surface area contributed by atoms with Crippen molar-refractivity contribution in [3.8, 4) is 0 Å². The van der Waals surface area contributed by atoms with E-state index in [-0.39, 0.29) is 12.2 Å². The smallest absolute Gasteiger partial charge is 0.372 e. The van der Waals surface area contributed by atoms with Crippen molar-refractivity contribution in [3.63, 3.8) is 0 Å². The molecular weight excluding hydrogens is 224 g/mol. The number of carbonyl (C=O) groups is 2. The fourth-order valence-electron chi connectivity index (χ4n) is 1.50. The standard InChI is InChI=1S/C11H16N2O4/c1-11(2,5-8(12)14)13-6-7-3-4-17-9(7)10(15)16/h3-4,13H,5-6H2,1-2H3,(H2,12,14)(H,15,16). The average molecular weight is 240 g/mol. The lowest BCUT2D eigenvalue weighted by atomic mass is 10.00. The van der Waals surface area contributed by atoms with Gasteiger partial charge >= 0.3 is 5.97 Å². The highest BCUT2D eigenvalue weighted by Crippen LogP contribution is 2.13. The third kappa shape index (κ3) is 3.92. The molecule has 1 heterocycles. The summed E-state index contributed by atoms with van der Waals surface area (Å²) in [6.45, 7) is 3.94. The zero-order chi connectivity index (χ0) is 13.1. The maximum Gasteiger partial charge on any atom is 0.372 e. The van der Waals surface area contributed by atoms with Crippen LogP contribution in [0.25, 0.3) is 0 Å². The van der Waals surface area contributed by atoms with Crippen LogP contribution in [0, 0.1) is 0 Å². The molecular formula is C11H16N2O4. The van der Waals surface area contributed by atoms with Gasteiger partial charge in [0.1, 0.15) is 0 Å². The number of carboxylic acids is 1. The second-order valence-corrected chi connectivity index (χ2v) is 4.46. The summed E-state index contributed by atoms with van der Waals surface area (Å²) in [5, 5.41) is 11.9. The van der Waals surface area contributed by atoms with E-state index in [2.05, 4.69) is 5.32 Å². The zero-order valence-electron chi connectivity index (χ0n) is 9.82. The summed E-state index contributed by atoms with van der Waals surface area (Å²) in [6, 6.07) is 1.58. The van der Waals surface area contributed by atoms with Gasteiger partial charge < -0.3 is 20.6 Å². The van der Waals surface area contributed by atoms with E-state index in [0.29, 0.717) is 12.1 Å². The Bertz CT molecular complexity index is 423. The van der Waals surface area contributed by atoms with Crippen molar-refractivity contribution < 1.29 is 19.1 Å². The molecule has 1 rings (SSSR count). The highest BCUT2D eigenvalue weighted by molar-refractivity contribution is 5.86. The van der Waals surface area contributed by atoms with Crippen LogP contribution in [0.5, 0.6) is 0 Å². The Morgan fingerprint density at radius 1 is 1.53 bits per heavy atom. The van der Waals surface area contributed by atoms with Crippen molar-refractivity contribution in [2.45, 2.75) is 32.4 Å². The van der Waals surface area contributed by atoms with E-state index < -0.39 is 17.4 Å². The van der Waals surface area contributed by atoms with Gasteiger partial charge in [0.15, 0.2) is 0 Å². The topological polar surface area (TPSA) is 106 Å². The first-order valence-corrected chi connectivity index (χ1v) is 5.15. The van der Waals surface area contributed by atoms with Gasteiger partial charge in [-0.3, -0.25) is 4.79 Å². The van der Waals surface area contributed by atoms with E-state index in [1.54, 1.807) is 6.07 Å². The Morgan fingerprint density at radius 2 is 2.18 bits per heavy atom. The molecule has 4 N–H and O–H groups in total. The van der Waals surface area contributed by atoms with Gasteiger partial charge in [0, 0.05) is 24.1 Å². The molecule has 0 spiro atoms. The summed E-state index contributed by atoms with van der Waals surface area (Å²) in [7, 11) is 0. The third-order valence-corrected chi connectivity index (χ3v) is 2.31. The van der Waals surface area contributed by atoms with Crippen LogP contribution in [0.15, 0.2) is 16.7 Å². The molecule has 0 aliphatic rings. The van der Waals surface area contributed by atoms with Crippen molar-refractivity contribution in [2.24, 2.45) is 5.73 Å². The fraction of sp³-hybridized carbons (Fsp3) is 0.455. The van der Waals surface area contributed by atoms with Crippen molar-refractivity contribution in [1.82, 2.24) is 5.32 Å². The largest absolute Gasteiger partial charge is 0.475 e. The maximum atomic E-state index is 10.8. The predicted molar refractivity (Wildman–Crippen MR) is 60.4 cm³/mol. The van der Waals surface area contributed by atoms with Crippen molar-refractivity contribution >= 4 is 11.9 Å². The first-order valence-electron chi connectivity index (χ1n) is 5.15. The number of carboxylic acid groups (broad SMARTS) is 1. The number of carbonyl (C=O) groups excluding carboxylic acids is 1. The molecule has 0 aliphatic heterocycles. The number of aromatic carboxylic acids is 1. The van der Waals surface area contributed by atoms with Crippen LogP contribution in [0.3, 0.4) is 0 Å². The second-order valence-electron chi connectivity index (χ2n) is 4.46. The molecule has 0 fully saturated rings.